The molecule has 5 amide bonds. The Bertz CT molecular complexity index is 5700. The number of hydrogen-bond acceptors (Lipinski definition) is 46. The summed E-state index contributed by atoms with van der Waals surface area (Å²) in [6.07, 6.45) is -7.66. The molecule has 15 fully saturated rings. The Morgan fingerprint density at radius 1 is 0.430 bits per heavy atom. The van der Waals surface area contributed by atoms with Crippen molar-refractivity contribution in [1.29, 1.82) is 5.26 Å². The van der Waals surface area contributed by atoms with Crippen LogP contribution in [0.5, 0.6) is 0 Å². The van der Waals surface area contributed by atoms with E-state index >= 15 is 0 Å². The van der Waals surface area contributed by atoms with E-state index in [-0.39, 0.29) is 172 Å². The molecule has 51 nitrogen and oxygen atoms in total. The summed E-state index contributed by atoms with van der Waals surface area (Å²) < 4.78 is 221. The van der Waals surface area contributed by atoms with Gasteiger partial charge in [0.1, 0.15) is 111 Å². The molecule has 5 heterocycles. The predicted octanol–water partition coefficient (Wildman–Crippen LogP) is 3.27. The summed E-state index contributed by atoms with van der Waals surface area (Å²) in [7, 11) is -17.4. The molecule has 10 aliphatic carbocycles. The van der Waals surface area contributed by atoms with E-state index in [0.717, 1.165) is 7.11 Å². The molecule has 27 atom stereocenters. The van der Waals surface area contributed by atoms with Crippen molar-refractivity contribution in [1.82, 2.24) is 26.6 Å². The first-order valence-electron chi connectivity index (χ1n) is 49.6. The summed E-state index contributed by atoms with van der Waals surface area (Å²) >= 11 is 0. The fourth-order valence-corrected chi connectivity index (χ4v) is 33.4. The first-order chi connectivity index (χ1) is 69.5. The number of carbonyl (C=O) groups is 14. The molecule has 0 aromatic rings. The minimum Gasteiger partial charge on any atom is -0.469 e. The highest BCUT2D eigenvalue weighted by Crippen LogP contribution is 2.72. The molecule has 0 radical (unpaired) electrons. The van der Waals surface area contributed by atoms with Crippen LogP contribution in [0.15, 0.2) is 0 Å². The summed E-state index contributed by atoms with van der Waals surface area (Å²) in [5, 5.41) is 38.0. The normalized spacial score (nSPS) is 34.3. The number of nitrogens with one attached hydrogen (secondary N) is 5. The highest BCUT2D eigenvalue weighted by atomic mass is 32.2. The molecule has 5 aliphatic heterocycles. The Labute approximate surface area is 865 Å². The number of alkyl carbamates (subject to hydrolysis) is 5. The molecule has 5 saturated heterocycles. The summed E-state index contributed by atoms with van der Waals surface area (Å²) in [5.74, 6) is -7.92. The maximum Gasteiger partial charge on any atom is 0.407 e. The number of aliphatic hydroxyl groups is 2. The van der Waals surface area contributed by atoms with E-state index in [9.17, 15) is 125 Å². The number of hydrogen-bond donors (Lipinski definition) is 7. The van der Waals surface area contributed by atoms with Crippen LogP contribution in [0.1, 0.15) is 201 Å². The van der Waals surface area contributed by atoms with Crippen LogP contribution in [-0.2, 0) is 181 Å². The molecule has 0 aromatic carbocycles. The zero-order valence-electron chi connectivity index (χ0n) is 86.5. The first kappa shape index (κ1) is 120. The summed E-state index contributed by atoms with van der Waals surface area (Å²) in [4.78, 5) is 167. The molecule has 56 heteroatoms. The van der Waals surface area contributed by atoms with Crippen molar-refractivity contribution in [2.24, 2.45) is 96.1 Å². The van der Waals surface area contributed by atoms with Crippen LogP contribution < -0.4 is 26.6 Å². The SMILES string of the molecule is CCC(C)(C)C(=O)OCCNC(=O)OC1C2CC3C1OS(=O)(=O)C3(C(=O)OC)C2.CCC(C)(C)C(=O)OCCNC(=O)OC1C2CC3C1OS(=O)(=O)C3C2C#N.CCC(C)(C)C(=O)OCCNC(=O)OC1C2CC3C1OS(=O)(=O)C3C2C(=O)OC.CCC(C)(C)C(=O)OCCNC(=O)OC1C2OS(=O)(=O)C3CC1(CO)CC23CO.CCC(C)(C)C(=O)OCCNC(=O)OC1C2OS(=O)(=O)C3CC1(COC(C)=O)CC23CCOC=O. The van der Waals surface area contributed by atoms with Gasteiger partial charge >= 0.3 is 78.2 Å². The molecular formula is C93H140N6O45S5. The third-order valence-corrected chi connectivity index (χ3v) is 42.2. The zero-order chi connectivity index (χ0) is 111. The Balaban J connectivity index is 0.000000177. The lowest BCUT2D eigenvalue weighted by Crippen LogP contribution is -2.51. The van der Waals surface area contributed by atoms with E-state index in [4.69, 9.17) is 87.2 Å². The smallest absolute Gasteiger partial charge is 0.407 e. The van der Waals surface area contributed by atoms with Gasteiger partial charge in [-0.15, -0.1) is 0 Å². The number of esters is 8. The van der Waals surface area contributed by atoms with Crippen LogP contribution in [0, 0.1) is 107 Å². The topological polar surface area (TPSA) is 709 Å². The molecule has 10 bridgehead atoms. The number of fused-ring (bicyclic) bond motifs is 5. The molecule has 842 valence electrons. The number of amides is 5. The molecule has 10 saturated carbocycles. The van der Waals surface area contributed by atoms with Crippen molar-refractivity contribution in [3.63, 3.8) is 0 Å². The Morgan fingerprint density at radius 3 is 1.20 bits per heavy atom. The van der Waals surface area contributed by atoms with Crippen LogP contribution in [0.3, 0.4) is 0 Å². The highest BCUT2D eigenvalue weighted by molar-refractivity contribution is 7.89. The summed E-state index contributed by atoms with van der Waals surface area (Å²) in [5.41, 5.74) is -7.01. The van der Waals surface area contributed by atoms with Gasteiger partial charge in [-0.3, -0.25) is 64.1 Å². The fraction of sp³-hybridized carbons (Fsp3) is 0.839. The van der Waals surface area contributed by atoms with Gasteiger partial charge in [0.25, 0.3) is 57.1 Å². The molecule has 0 aromatic heterocycles. The van der Waals surface area contributed by atoms with E-state index in [0.29, 0.717) is 51.4 Å². The molecule has 15 aliphatic rings. The maximum absolute atomic E-state index is 12.8. The van der Waals surface area contributed by atoms with Gasteiger partial charge in [0, 0.05) is 64.1 Å². The second-order valence-electron chi connectivity index (χ2n) is 43.6. The lowest BCUT2D eigenvalue weighted by molar-refractivity contribution is -0.154. The van der Waals surface area contributed by atoms with Crippen molar-refractivity contribution in [3.05, 3.63) is 0 Å². The average Bonchev–Trinajstić information content (AvgIpc) is 0.995. The lowest BCUT2D eigenvalue weighted by Gasteiger charge is -2.37. The standard InChI is InChI=1S/C22H33NO11S.2C18H27NO9S.C18H29NO9S.C17H24N2O7S/c1-5-20(3,4)18(26)31-9-7-23-19(27)33-16-17-22(6-8-30-13-24)11-21(16,12-32-14(2)25)10-15(22)35(28,29)34-17;1-5-17(2,3)14(20)26-7-6-19-16(22)27-12-10-8-11-13(12)28-29(23,24)18(11,9-10)15(21)25-4;1-5-18(2,3)16(21)26-7-6-19-17(22)27-12-9-8-10-13(12)28-29(23,24)14(10)11(9)15(20)25-4;1-4-16(2,3)14(22)26-6-5-19-15(23)27-12-13-18(10-21)8-17(12,9-20)7-11(18)29(24,25)28-13;1-4-17(2,3)15(20)24-6-5-19-16(21)25-12-9-7-10-13(12)26-27(22,23)14(10)11(9)8-18/h13,15-17H,5-12H2,1-4H3,(H,23,27);10-13H,5-9H2,1-4H3,(H,19,22);9-14H,5-8H2,1-4H3,(H,19,22);11-13,20-21H,4-10H2,1-3H3,(H,19,23);9-14H,4-7H2,1-3H3,(H,19,21). The second-order valence-corrected chi connectivity index (χ2v) is 52.4. The van der Waals surface area contributed by atoms with E-state index in [2.05, 4.69) is 26.6 Å². The van der Waals surface area contributed by atoms with Crippen LogP contribution in [0.4, 0.5) is 24.0 Å². The van der Waals surface area contributed by atoms with Gasteiger partial charge in [-0.05, 0) is 159 Å². The fourth-order valence-electron chi connectivity index (χ4n) is 23.0. The number of carbonyl (C=O) groups excluding carboxylic acids is 14. The minimum absolute atomic E-state index is 0.00479. The second kappa shape index (κ2) is 45.7. The van der Waals surface area contributed by atoms with Crippen molar-refractivity contribution < 1.29 is 207 Å². The van der Waals surface area contributed by atoms with Gasteiger partial charge in [0.05, 0.1) is 122 Å². The van der Waals surface area contributed by atoms with Crippen molar-refractivity contribution in [2.45, 2.75) is 287 Å². The van der Waals surface area contributed by atoms with Gasteiger partial charge in [-0.1, -0.05) is 34.6 Å². The third kappa shape index (κ3) is 23.5. The largest absolute Gasteiger partial charge is 0.469 e. The zero-order valence-corrected chi connectivity index (χ0v) is 90.6. The minimum atomic E-state index is -4.16. The van der Waals surface area contributed by atoms with Crippen LogP contribution in [-0.4, -0.2) is 330 Å². The van der Waals surface area contributed by atoms with E-state index in [1.165, 1.54) is 14.0 Å². The first-order valence-corrected chi connectivity index (χ1v) is 56.9. The van der Waals surface area contributed by atoms with Gasteiger partial charge < -0.3 is 103 Å². The Morgan fingerprint density at radius 2 is 0.805 bits per heavy atom. The van der Waals surface area contributed by atoms with Gasteiger partial charge in [0.2, 0.25) is 0 Å². The Hall–Kier alpha value is -9.46. The van der Waals surface area contributed by atoms with Crippen molar-refractivity contribution in [2.75, 3.05) is 106 Å². The van der Waals surface area contributed by atoms with Gasteiger partial charge in [0.15, 0.2) is 4.75 Å². The molecular weight excluding hydrogens is 2080 g/mol. The number of rotatable bonds is 40. The third-order valence-electron chi connectivity index (χ3n) is 33.0. The van der Waals surface area contributed by atoms with Gasteiger partial charge in [-0.2, -0.15) is 47.4 Å². The maximum atomic E-state index is 12.8. The molecule has 15 rings (SSSR count). The molecule has 149 heavy (non-hydrogen) atoms. The lowest BCUT2D eigenvalue weighted by atomic mass is 9.76. The molecule has 0 spiro atoms. The monoisotopic (exact) mass is 2220 g/mol. The molecule has 7 N–H and O–H groups in total. The van der Waals surface area contributed by atoms with Crippen LogP contribution in [0.2, 0.25) is 0 Å². The van der Waals surface area contributed by atoms with Crippen LogP contribution in [0.25, 0.3) is 0 Å². The number of ether oxygens (including phenoxy) is 14. The number of aliphatic hydroxyl groups excluding tert-OH is 2. The average molecular weight is 2220 g/mol. The predicted molar refractivity (Wildman–Crippen MR) is 505 cm³/mol. The van der Waals surface area contributed by atoms with Gasteiger partial charge in [-0.25, -0.2) is 24.0 Å². The number of nitrogens with zero attached hydrogens (tertiary/aromatic N) is 1. The van der Waals surface area contributed by atoms with E-state index < -0.39 is 277 Å². The number of methoxy groups -OCH3 is 2. The summed E-state index contributed by atoms with van der Waals surface area (Å²) in [6, 6.07) is 2.04. The van der Waals surface area contributed by atoms with Crippen LogP contribution >= 0.6 is 0 Å². The van der Waals surface area contributed by atoms with Crippen molar-refractivity contribution >= 4 is 135 Å². The quantitative estimate of drug-likeness (QED) is 0.0152. The molecule has 27 unspecified atom stereocenters. The number of nitriles is 1. The Kier molecular flexibility index (Phi) is 36.7. The van der Waals surface area contributed by atoms with Crippen molar-refractivity contribution in [3.8, 4) is 6.07 Å². The highest BCUT2D eigenvalue weighted by Gasteiger charge is 2.83. The summed E-state index contributed by atoms with van der Waals surface area (Å²) in [6.45, 7) is 27.6. The van der Waals surface area contributed by atoms with E-state index in [1.807, 2.05) is 40.7 Å². The van der Waals surface area contributed by atoms with E-state index in [1.54, 1.807) is 69.2 Å².